The third-order valence-electron chi connectivity index (χ3n) is 3.92. The zero-order chi connectivity index (χ0) is 18.4. The predicted octanol–water partition coefficient (Wildman–Crippen LogP) is 3.55. The van der Waals surface area contributed by atoms with Gasteiger partial charge in [0.2, 0.25) is 0 Å². The van der Waals surface area contributed by atoms with Crippen molar-refractivity contribution in [2.45, 2.75) is 13.0 Å². The first-order valence-corrected chi connectivity index (χ1v) is 8.65. The number of nitro benzene ring substituents is 1. The van der Waals surface area contributed by atoms with Crippen LogP contribution >= 0.6 is 11.3 Å². The highest BCUT2D eigenvalue weighted by atomic mass is 32.1. The summed E-state index contributed by atoms with van der Waals surface area (Å²) < 4.78 is 4.93. The highest BCUT2D eigenvalue weighted by Gasteiger charge is 2.23. The van der Waals surface area contributed by atoms with Gasteiger partial charge in [0.15, 0.2) is 0 Å². The fourth-order valence-electron chi connectivity index (χ4n) is 2.35. The minimum absolute atomic E-state index is 0.105. The highest BCUT2D eigenvalue weighted by molar-refractivity contribution is 7.10. The molecule has 8 heteroatoms. The maximum Gasteiger partial charge on any atom is 0.293 e. The van der Waals surface area contributed by atoms with Gasteiger partial charge in [-0.1, -0.05) is 6.07 Å². The van der Waals surface area contributed by atoms with Gasteiger partial charge in [0.25, 0.3) is 11.6 Å². The maximum atomic E-state index is 12.7. The molecule has 7 nitrogen and oxygen atoms in total. The Labute approximate surface area is 150 Å². The summed E-state index contributed by atoms with van der Waals surface area (Å²) in [6, 6.07) is 8.26. The monoisotopic (exact) mass is 363 g/mol. The van der Waals surface area contributed by atoms with Crippen molar-refractivity contribution >= 4 is 28.6 Å². The Hall–Kier alpha value is -2.45. The van der Waals surface area contributed by atoms with Gasteiger partial charge in [0.1, 0.15) is 5.69 Å². The molecule has 0 unspecified atom stereocenters. The molecule has 0 bridgehead atoms. The first-order valence-electron chi connectivity index (χ1n) is 7.77. The lowest BCUT2D eigenvalue weighted by Gasteiger charge is -2.24. The number of ether oxygens (including phenoxy) is 1. The lowest BCUT2D eigenvalue weighted by molar-refractivity contribution is -0.384. The van der Waals surface area contributed by atoms with E-state index < -0.39 is 4.92 Å². The third kappa shape index (κ3) is 4.55. The van der Waals surface area contributed by atoms with Gasteiger partial charge in [-0.3, -0.25) is 14.9 Å². The van der Waals surface area contributed by atoms with Crippen molar-refractivity contribution in [2.75, 3.05) is 32.6 Å². The molecule has 134 valence electrons. The van der Waals surface area contributed by atoms with E-state index in [9.17, 15) is 14.9 Å². The number of thiophene rings is 1. The Bertz CT molecular complexity index is 733. The zero-order valence-corrected chi connectivity index (χ0v) is 15.2. The Kier molecular flexibility index (Phi) is 6.49. The van der Waals surface area contributed by atoms with Crippen molar-refractivity contribution in [3.8, 4) is 0 Å². The van der Waals surface area contributed by atoms with Crippen molar-refractivity contribution < 1.29 is 14.5 Å². The molecule has 2 aromatic rings. The number of anilines is 1. The fourth-order valence-corrected chi connectivity index (χ4v) is 3.18. The second-order valence-electron chi connectivity index (χ2n) is 5.52. The van der Waals surface area contributed by atoms with E-state index >= 15 is 0 Å². The smallest absolute Gasteiger partial charge is 0.293 e. The number of nitro groups is 1. The largest absolute Gasteiger partial charge is 0.383 e. The Morgan fingerprint density at radius 1 is 1.44 bits per heavy atom. The van der Waals surface area contributed by atoms with Gasteiger partial charge in [-0.25, -0.2) is 0 Å². The van der Waals surface area contributed by atoms with Crippen molar-refractivity contribution in [1.29, 1.82) is 0 Å². The number of nitrogens with zero attached hydrogens (tertiary/aromatic N) is 2. The summed E-state index contributed by atoms with van der Waals surface area (Å²) in [7, 11) is 3.26. The summed E-state index contributed by atoms with van der Waals surface area (Å²) in [5.41, 5.74) is 0.529. The van der Waals surface area contributed by atoms with Crippen LogP contribution in [0.5, 0.6) is 0 Å². The highest BCUT2D eigenvalue weighted by Crippen LogP contribution is 2.28. The molecule has 0 saturated carbocycles. The zero-order valence-electron chi connectivity index (χ0n) is 14.4. The maximum absolute atomic E-state index is 12.7. The Morgan fingerprint density at radius 2 is 2.20 bits per heavy atom. The second kappa shape index (κ2) is 8.59. The molecule has 1 aromatic carbocycles. The number of rotatable bonds is 8. The van der Waals surface area contributed by atoms with Crippen LogP contribution in [0.1, 0.15) is 28.2 Å². The molecule has 2 rings (SSSR count). The van der Waals surface area contributed by atoms with Crippen LogP contribution in [0.3, 0.4) is 0 Å². The molecule has 1 heterocycles. The molecule has 0 aliphatic rings. The summed E-state index contributed by atoms with van der Waals surface area (Å²) in [5, 5.41) is 16.2. The molecule has 1 amide bonds. The number of amides is 1. The summed E-state index contributed by atoms with van der Waals surface area (Å²) in [4.78, 5) is 26.2. The van der Waals surface area contributed by atoms with Gasteiger partial charge in [-0.15, -0.1) is 11.3 Å². The molecule has 0 radical (unpaired) electrons. The van der Waals surface area contributed by atoms with Gasteiger partial charge >= 0.3 is 0 Å². The number of nitrogens with one attached hydrogen (secondary N) is 1. The predicted molar refractivity (Wildman–Crippen MR) is 98.3 cm³/mol. The standard InChI is InChI=1S/C17H21N3O4S/c1-12(16-5-4-10-25-16)19(2)17(21)13-6-7-14(18-8-9-24-3)15(11-13)20(22)23/h4-7,10-12,18H,8-9H2,1-3H3/t12-/m0/s1. The third-order valence-corrected chi connectivity index (χ3v) is 4.96. The molecule has 1 aromatic heterocycles. The van der Waals surface area contributed by atoms with Crippen molar-refractivity contribution in [3.05, 3.63) is 56.3 Å². The summed E-state index contributed by atoms with van der Waals surface area (Å²) in [6.07, 6.45) is 0. The van der Waals surface area contributed by atoms with E-state index in [1.54, 1.807) is 42.5 Å². The Balaban J connectivity index is 2.21. The molecular weight excluding hydrogens is 342 g/mol. The van der Waals surface area contributed by atoms with Crippen LogP contribution in [0.2, 0.25) is 0 Å². The average molecular weight is 363 g/mol. The molecule has 1 atom stereocenters. The average Bonchev–Trinajstić information content (AvgIpc) is 3.14. The first-order chi connectivity index (χ1) is 12.0. The molecule has 0 aliphatic heterocycles. The van der Waals surface area contributed by atoms with Crippen LogP contribution in [0.15, 0.2) is 35.7 Å². The van der Waals surface area contributed by atoms with Crippen LogP contribution in [-0.4, -0.2) is 43.0 Å². The SMILES string of the molecule is COCCNc1ccc(C(=O)N(C)[C@@H](C)c2cccs2)cc1[N+](=O)[O-]. The van der Waals surface area contributed by atoms with Crippen LogP contribution in [0.25, 0.3) is 0 Å². The number of methoxy groups -OCH3 is 1. The lowest BCUT2D eigenvalue weighted by atomic mass is 10.1. The number of hydrogen-bond acceptors (Lipinski definition) is 6. The number of benzene rings is 1. The molecule has 25 heavy (non-hydrogen) atoms. The molecule has 0 fully saturated rings. The van der Waals surface area contributed by atoms with E-state index in [4.69, 9.17) is 4.74 Å². The van der Waals surface area contributed by atoms with Crippen molar-refractivity contribution in [3.63, 3.8) is 0 Å². The van der Waals surface area contributed by atoms with E-state index in [2.05, 4.69) is 5.32 Å². The molecule has 0 saturated heterocycles. The number of carbonyl (C=O) groups is 1. The first kappa shape index (κ1) is 18.9. The van der Waals surface area contributed by atoms with Crippen LogP contribution in [0, 0.1) is 10.1 Å². The minimum Gasteiger partial charge on any atom is -0.383 e. The quantitative estimate of drug-likeness (QED) is 0.440. The van der Waals surface area contributed by atoms with Crippen molar-refractivity contribution in [2.24, 2.45) is 0 Å². The topological polar surface area (TPSA) is 84.7 Å². The minimum atomic E-state index is -0.491. The second-order valence-corrected chi connectivity index (χ2v) is 6.50. The van der Waals surface area contributed by atoms with Crippen molar-refractivity contribution in [1.82, 2.24) is 4.90 Å². The van der Waals surface area contributed by atoms with Crippen LogP contribution in [-0.2, 0) is 4.74 Å². The number of carbonyl (C=O) groups excluding carboxylic acids is 1. The van der Waals surface area contributed by atoms with Gasteiger partial charge in [0, 0.05) is 37.2 Å². The normalized spacial score (nSPS) is 11.8. The van der Waals surface area contributed by atoms with Gasteiger partial charge < -0.3 is 15.0 Å². The lowest BCUT2D eigenvalue weighted by Crippen LogP contribution is -2.29. The Morgan fingerprint density at radius 3 is 2.80 bits per heavy atom. The van der Waals surface area contributed by atoms with E-state index in [0.29, 0.717) is 18.8 Å². The molecule has 1 N–H and O–H groups in total. The summed E-state index contributed by atoms with van der Waals surface area (Å²) in [5.74, 6) is -0.257. The molecular formula is C17H21N3O4S. The molecule has 0 aliphatic carbocycles. The summed E-state index contributed by atoms with van der Waals surface area (Å²) >= 11 is 1.57. The van der Waals surface area contributed by atoms with Crippen LogP contribution < -0.4 is 5.32 Å². The van der Waals surface area contributed by atoms with E-state index in [1.807, 2.05) is 24.4 Å². The molecule has 0 spiro atoms. The van der Waals surface area contributed by atoms with Crippen LogP contribution in [0.4, 0.5) is 11.4 Å². The van der Waals surface area contributed by atoms with E-state index in [1.165, 1.54) is 6.07 Å². The van der Waals surface area contributed by atoms with E-state index in [0.717, 1.165) is 4.88 Å². The number of hydrogen-bond donors (Lipinski definition) is 1. The van der Waals surface area contributed by atoms with Gasteiger partial charge in [-0.05, 0) is 30.5 Å². The van der Waals surface area contributed by atoms with Gasteiger partial charge in [-0.2, -0.15) is 0 Å². The summed E-state index contributed by atoms with van der Waals surface area (Å²) in [6.45, 7) is 2.80. The fraction of sp³-hybridized carbons (Fsp3) is 0.353. The van der Waals surface area contributed by atoms with Gasteiger partial charge in [0.05, 0.1) is 17.6 Å². The van der Waals surface area contributed by atoms with E-state index in [-0.39, 0.29) is 23.2 Å².